The zero-order chi connectivity index (χ0) is 18.0. The van der Waals surface area contributed by atoms with Crippen LogP contribution in [0.4, 0.5) is 30.7 Å². The van der Waals surface area contributed by atoms with Crippen molar-refractivity contribution < 1.29 is 40.3 Å². The van der Waals surface area contributed by atoms with E-state index in [1.165, 1.54) is 6.92 Å². The maximum Gasteiger partial charge on any atom is 0.416 e. The molecule has 0 aliphatic rings. The third kappa shape index (κ3) is 4.57. The molecule has 2 N–H and O–H groups in total. The van der Waals surface area contributed by atoms with Crippen LogP contribution in [0.2, 0.25) is 0 Å². The summed E-state index contributed by atoms with van der Waals surface area (Å²) < 4.78 is 94.4. The minimum absolute atomic E-state index is 0.174. The molecule has 3 nitrogen and oxygen atoms in total. The summed E-state index contributed by atoms with van der Waals surface area (Å²) in [6.45, 7) is 1.11. The smallest absolute Gasteiger partial charge is 0.416 e. The van der Waals surface area contributed by atoms with Crippen molar-refractivity contribution in [3.05, 3.63) is 34.9 Å². The number of hydrogen-bond acceptors (Lipinski definition) is 3. The molecule has 1 rings (SSSR count). The Labute approximate surface area is 126 Å². The third-order valence-electron chi connectivity index (χ3n) is 2.87. The van der Waals surface area contributed by atoms with Crippen molar-refractivity contribution in [3.8, 4) is 0 Å². The molecule has 1 aromatic carbocycles. The topological polar surface area (TPSA) is 52.3 Å². The van der Waals surface area contributed by atoms with Crippen molar-refractivity contribution in [2.24, 2.45) is 5.73 Å². The van der Waals surface area contributed by atoms with Crippen molar-refractivity contribution in [2.45, 2.75) is 31.5 Å². The lowest BCUT2D eigenvalue weighted by atomic mass is 9.95. The van der Waals surface area contributed by atoms with Crippen LogP contribution < -0.4 is 5.73 Å². The van der Waals surface area contributed by atoms with Gasteiger partial charge in [-0.15, -0.1) is 0 Å². The molecule has 0 aliphatic heterocycles. The number of carbonyl (C=O) groups excluding carboxylic acids is 1. The predicted octanol–water partition coefficient (Wildman–Crippen LogP) is 3.63. The van der Waals surface area contributed by atoms with Crippen LogP contribution in [-0.2, 0) is 21.9 Å². The number of benzene rings is 1. The largest absolute Gasteiger partial charge is 0.464 e. The van der Waals surface area contributed by atoms with E-state index in [1.807, 2.05) is 0 Å². The summed E-state index contributed by atoms with van der Waals surface area (Å²) in [5, 5.41) is 0. The van der Waals surface area contributed by atoms with Gasteiger partial charge in [-0.05, 0) is 24.6 Å². The van der Waals surface area contributed by atoms with Crippen molar-refractivity contribution in [1.29, 1.82) is 0 Å². The van der Waals surface area contributed by atoms with Gasteiger partial charge in [-0.25, -0.2) is 9.18 Å². The second-order valence-corrected chi connectivity index (χ2v) is 4.48. The van der Waals surface area contributed by atoms with Gasteiger partial charge in [0.2, 0.25) is 6.17 Å². The molecule has 0 spiro atoms. The van der Waals surface area contributed by atoms with Gasteiger partial charge in [0.15, 0.2) is 0 Å². The van der Waals surface area contributed by atoms with E-state index >= 15 is 0 Å². The van der Waals surface area contributed by atoms with E-state index in [-0.39, 0.29) is 12.7 Å². The molecule has 0 heterocycles. The van der Waals surface area contributed by atoms with Gasteiger partial charge in [-0.2, -0.15) is 26.3 Å². The van der Waals surface area contributed by atoms with Crippen LogP contribution in [0.25, 0.3) is 0 Å². The van der Waals surface area contributed by atoms with E-state index in [2.05, 4.69) is 4.74 Å². The van der Waals surface area contributed by atoms with Crippen molar-refractivity contribution in [1.82, 2.24) is 0 Å². The highest BCUT2D eigenvalue weighted by Gasteiger charge is 2.41. The van der Waals surface area contributed by atoms with E-state index in [0.717, 1.165) is 0 Å². The Morgan fingerprint density at radius 2 is 1.74 bits per heavy atom. The molecule has 1 unspecified atom stereocenters. The molecule has 0 fully saturated rings. The lowest BCUT2D eigenvalue weighted by Crippen LogP contribution is -2.33. The average molecular weight is 347 g/mol. The molecule has 0 saturated carbocycles. The molecule has 10 heteroatoms. The van der Waals surface area contributed by atoms with Gasteiger partial charge in [0.1, 0.15) is 0 Å². The number of alkyl halides is 7. The number of nitrogens with two attached hydrogens (primary N) is 1. The molecule has 2 atom stereocenters. The Bertz CT molecular complexity index is 568. The molecule has 0 amide bonds. The number of carbonyl (C=O) groups is 1. The zero-order valence-electron chi connectivity index (χ0n) is 11.6. The van der Waals surface area contributed by atoms with E-state index in [1.54, 1.807) is 0 Å². The highest BCUT2D eigenvalue weighted by molar-refractivity contribution is 5.76. The van der Waals surface area contributed by atoms with Crippen LogP contribution in [0.15, 0.2) is 18.2 Å². The maximum absolute atomic E-state index is 13.8. The monoisotopic (exact) mass is 347 g/mol. The van der Waals surface area contributed by atoms with Crippen LogP contribution in [0.3, 0.4) is 0 Å². The van der Waals surface area contributed by atoms with E-state index in [9.17, 15) is 35.5 Å². The lowest BCUT2D eigenvalue weighted by Gasteiger charge is -2.21. The van der Waals surface area contributed by atoms with E-state index in [0.29, 0.717) is 12.1 Å². The van der Waals surface area contributed by atoms with Crippen molar-refractivity contribution in [2.75, 3.05) is 6.61 Å². The molecule has 0 saturated heterocycles. The molecular weight excluding hydrogens is 335 g/mol. The Kier molecular flexibility index (Phi) is 5.62. The highest BCUT2D eigenvalue weighted by atomic mass is 19.4. The summed E-state index contributed by atoms with van der Waals surface area (Å²) >= 11 is 0. The summed E-state index contributed by atoms with van der Waals surface area (Å²) in [7, 11) is 0. The van der Waals surface area contributed by atoms with Gasteiger partial charge in [-0.1, -0.05) is 6.07 Å². The number of esters is 1. The second-order valence-electron chi connectivity index (χ2n) is 4.48. The van der Waals surface area contributed by atoms with Gasteiger partial charge < -0.3 is 10.5 Å². The zero-order valence-corrected chi connectivity index (χ0v) is 11.6. The number of hydrogen-bond donors (Lipinski definition) is 1. The second kappa shape index (κ2) is 6.73. The number of ether oxygens (including phenoxy) is 1. The summed E-state index contributed by atoms with van der Waals surface area (Å²) in [5.74, 6) is -1.49. The van der Waals surface area contributed by atoms with Crippen LogP contribution in [-0.4, -0.2) is 18.7 Å². The fourth-order valence-electron chi connectivity index (χ4n) is 1.79. The van der Waals surface area contributed by atoms with Crippen molar-refractivity contribution in [3.63, 3.8) is 0 Å². The Morgan fingerprint density at radius 1 is 1.17 bits per heavy atom. The van der Waals surface area contributed by atoms with Gasteiger partial charge in [0.25, 0.3) is 0 Å². The lowest BCUT2D eigenvalue weighted by molar-refractivity contribution is -0.151. The first-order chi connectivity index (χ1) is 10.4. The molecule has 0 radical (unpaired) electrons. The molecule has 0 aliphatic carbocycles. The predicted molar refractivity (Wildman–Crippen MR) is 64.9 cm³/mol. The SMILES string of the molecule is CCOC(=O)C(F)[C@H](N)c1ccc(C(F)(F)F)cc1C(F)(F)F. The molecule has 130 valence electrons. The van der Waals surface area contributed by atoms with Gasteiger partial charge in [0, 0.05) is 0 Å². The highest BCUT2D eigenvalue weighted by Crippen LogP contribution is 2.39. The van der Waals surface area contributed by atoms with Gasteiger partial charge >= 0.3 is 18.3 Å². The minimum atomic E-state index is -5.21. The first kappa shape index (κ1) is 19.2. The summed E-state index contributed by atoms with van der Waals surface area (Å²) in [6, 6.07) is -1.55. The third-order valence-corrected chi connectivity index (χ3v) is 2.87. The molecular formula is C13H12F7NO2. The van der Waals surface area contributed by atoms with E-state index < -0.39 is 47.2 Å². The first-order valence-corrected chi connectivity index (χ1v) is 6.24. The standard InChI is InChI=1S/C13H12F7NO2/c1-2-23-11(22)9(14)10(21)7-4-3-6(12(15,16)17)5-8(7)13(18,19)20/h3-5,9-10H,2,21H2,1H3/t9?,10-/m1/s1. The molecule has 1 aromatic rings. The van der Waals surface area contributed by atoms with Crippen LogP contribution in [0, 0.1) is 0 Å². The van der Waals surface area contributed by atoms with Crippen molar-refractivity contribution >= 4 is 5.97 Å². The fourth-order valence-corrected chi connectivity index (χ4v) is 1.79. The van der Waals surface area contributed by atoms with Crippen LogP contribution in [0.1, 0.15) is 29.7 Å². The maximum atomic E-state index is 13.8. The van der Waals surface area contributed by atoms with Gasteiger partial charge in [0.05, 0.1) is 23.8 Å². The quantitative estimate of drug-likeness (QED) is 0.669. The summed E-state index contributed by atoms with van der Waals surface area (Å²) in [6.07, 6.45) is -12.9. The molecule has 0 bridgehead atoms. The number of halogens is 7. The fraction of sp³-hybridized carbons (Fsp3) is 0.462. The first-order valence-electron chi connectivity index (χ1n) is 6.24. The normalized spacial score (nSPS) is 15.2. The summed E-state index contributed by atoms with van der Waals surface area (Å²) in [5.41, 5.74) is 0.982. The Hall–Kier alpha value is -1.84. The Balaban J connectivity index is 3.33. The number of rotatable bonds is 4. The van der Waals surface area contributed by atoms with Gasteiger partial charge in [-0.3, -0.25) is 0 Å². The molecule has 0 aromatic heterocycles. The summed E-state index contributed by atoms with van der Waals surface area (Å²) in [4.78, 5) is 11.2. The average Bonchev–Trinajstić information content (AvgIpc) is 2.43. The molecule has 23 heavy (non-hydrogen) atoms. The minimum Gasteiger partial charge on any atom is -0.464 e. The van der Waals surface area contributed by atoms with Crippen LogP contribution >= 0.6 is 0 Å². The van der Waals surface area contributed by atoms with Crippen LogP contribution in [0.5, 0.6) is 0 Å². The Morgan fingerprint density at radius 3 is 2.17 bits per heavy atom. The van der Waals surface area contributed by atoms with E-state index in [4.69, 9.17) is 5.73 Å².